The van der Waals surface area contributed by atoms with E-state index in [9.17, 15) is 0 Å². The minimum absolute atomic E-state index is 0.597. The monoisotopic (exact) mass is 341 g/mol. The second-order valence-electron chi connectivity index (χ2n) is 5.58. The number of alkyl halides is 2. The maximum Gasteiger partial charge on any atom is 0.109 e. The summed E-state index contributed by atoms with van der Waals surface area (Å²) in [7, 11) is 2.10. The quantitative estimate of drug-likeness (QED) is 0.491. The predicted octanol–water partition coefficient (Wildman–Crippen LogP) is 4.59. The molecule has 5 heteroatoms. The molecule has 0 unspecified atom stereocenters. The fourth-order valence-corrected chi connectivity index (χ4v) is 3.17. The van der Waals surface area contributed by atoms with E-state index in [1.54, 1.807) is 0 Å². The normalized spacial score (nSPS) is 11.3. The molecule has 0 fully saturated rings. The van der Waals surface area contributed by atoms with Gasteiger partial charge in [0.2, 0.25) is 0 Å². The van der Waals surface area contributed by atoms with Crippen LogP contribution in [0.3, 0.4) is 0 Å². The third-order valence-corrected chi connectivity index (χ3v) is 4.37. The van der Waals surface area contributed by atoms with Crippen molar-refractivity contribution in [2.24, 2.45) is 7.05 Å². The van der Waals surface area contributed by atoms with Gasteiger partial charge in [0.1, 0.15) is 5.82 Å². The largest absolute Gasteiger partial charge is 0.369 e. The third kappa shape index (κ3) is 4.08. The number of aromatic nitrogens is 2. The van der Waals surface area contributed by atoms with E-state index < -0.39 is 0 Å². The van der Waals surface area contributed by atoms with Crippen LogP contribution < -0.4 is 4.90 Å². The Morgan fingerprint density at radius 1 is 1.14 bits per heavy atom. The van der Waals surface area contributed by atoms with Crippen LogP contribution in [0.15, 0.2) is 18.2 Å². The minimum Gasteiger partial charge on any atom is -0.369 e. The van der Waals surface area contributed by atoms with Crippen LogP contribution in [0, 0.1) is 0 Å². The molecule has 0 radical (unpaired) electrons. The fourth-order valence-electron chi connectivity index (χ4n) is 2.77. The summed E-state index contributed by atoms with van der Waals surface area (Å²) in [6, 6.07) is 6.44. The lowest BCUT2D eigenvalue weighted by molar-refractivity contribution is 0.676. The number of aryl methyl sites for hydroxylation is 2. The lowest BCUT2D eigenvalue weighted by Gasteiger charge is -2.22. The Morgan fingerprint density at radius 3 is 2.50 bits per heavy atom. The molecule has 122 valence electrons. The first-order valence-corrected chi connectivity index (χ1v) is 9.10. The van der Waals surface area contributed by atoms with E-state index in [4.69, 9.17) is 28.2 Å². The van der Waals surface area contributed by atoms with Gasteiger partial charge in [-0.15, -0.1) is 23.2 Å². The first-order valence-electron chi connectivity index (χ1n) is 8.03. The van der Waals surface area contributed by atoms with Gasteiger partial charge in [-0.2, -0.15) is 0 Å². The number of hydrogen-bond donors (Lipinski definition) is 0. The summed E-state index contributed by atoms with van der Waals surface area (Å²) in [5, 5.41) is 0. The van der Waals surface area contributed by atoms with Crippen molar-refractivity contribution in [1.82, 2.24) is 9.55 Å². The topological polar surface area (TPSA) is 21.1 Å². The van der Waals surface area contributed by atoms with Gasteiger partial charge in [-0.05, 0) is 24.6 Å². The van der Waals surface area contributed by atoms with Crippen LogP contribution in [0.5, 0.6) is 0 Å². The molecule has 2 rings (SSSR count). The Hall–Kier alpha value is -0.930. The number of halogens is 2. The lowest BCUT2D eigenvalue weighted by Crippen LogP contribution is -2.27. The molecule has 3 nitrogen and oxygen atoms in total. The first kappa shape index (κ1) is 17.4. The summed E-state index contributed by atoms with van der Waals surface area (Å²) in [6.45, 7) is 3.83. The van der Waals surface area contributed by atoms with Crippen molar-refractivity contribution in [2.45, 2.75) is 32.6 Å². The van der Waals surface area contributed by atoms with Crippen LogP contribution in [0.25, 0.3) is 11.0 Å². The highest BCUT2D eigenvalue weighted by Gasteiger charge is 2.11. The SMILES string of the molecule is CCCCCc1nc2cc(N(CCCl)CCCl)ccc2n1C. The predicted molar refractivity (Wildman–Crippen MR) is 97.6 cm³/mol. The summed E-state index contributed by atoms with van der Waals surface area (Å²) < 4.78 is 2.21. The number of nitrogens with zero attached hydrogens (tertiary/aromatic N) is 3. The van der Waals surface area contributed by atoms with Gasteiger partial charge in [-0.25, -0.2) is 4.98 Å². The zero-order valence-electron chi connectivity index (χ0n) is 13.5. The smallest absolute Gasteiger partial charge is 0.109 e. The molecule has 0 aliphatic carbocycles. The Kier molecular flexibility index (Phi) is 6.84. The van der Waals surface area contributed by atoms with E-state index in [1.807, 2.05) is 0 Å². The van der Waals surface area contributed by atoms with Crippen LogP contribution >= 0.6 is 23.2 Å². The van der Waals surface area contributed by atoms with E-state index in [2.05, 4.69) is 41.6 Å². The van der Waals surface area contributed by atoms with Crippen molar-refractivity contribution < 1.29 is 0 Å². The molecular weight excluding hydrogens is 317 g/mol. The molecule has 0 bridgehead atoms. The Labute approximate surface area is 143 Å². The van der Waals surface area contributed by atoms with E-state index in [0.29, 0.717) is 11.8 Å². The first-order chi connectivity index (χ1) is 10.7. The van der Waals surface area contributed by atoms with Gasteiger partial charge in [0.05, 0.1) is 11.0 Å². The molecular formula is C17H25Cl2N3. The number of anilines is 1. The fraction of sp³-hybridized carbons (Fsp3) is 0.588. The maximum atomic E-state index is 5.90. The molecule has 1 aromatic heterocycles. The van der Waals surface area contributed by atoms with Crippen LogP contribution in [-0.2, 0) is 13.5 Å². The molecule has 0 atom stereocenters. The summed E-state index contributed by atoms with van der Waals surface area (Å²) >= 11 is 11.8. The summed E-state index contributed by atoms with van der Waals surface area (Å²) in [5.41, 5.74) is 3.39. The van der Waals surface area contributed by atoms with Crippen LogP contribution in [0.2, 0.25) is 0 Å². The number of benzene rings is 1. The van der Waals surface area contributed by atoms with Gasteiger partial charge in [0.25, 0.3) is 0 Å². The van der Waals surface area contributed by atoms with Crippen LogP contribution in [0.1, 0.15) is 32.0 Å². The zero-order valence-corrected chi connectivity index (χ0v) is 15.0. The van der Waals surface area contributed by atoms with Crippen molar-refractivity contribution in [3.63, 3.8) is 0 Å². The van der Waals surface area contributed by atoms with Gasteiger partial charge in [0.15, 0.2) is 0 Å². The summed E-state index contributed by atoms with van der Waals surface area (Å²) in [4.78, 5) is 7.03. The van der Waals surface area contributed by atoms with Crippen molar-refractivity contribution >= 4 is 39.9 Å². The van der Waals surface area contributed by atoms with E-state index >= 15 is 0 Å². The molecule has 0 saturated carbocycles. The standard InChI is InChI=1S/C17H25Cl2N3/c1-3-4-5-6-17-20-15-13-14(7-8-16(15)21(17)2)22(11-9-18)12-10-19/h7-8,13H,3-6,9-12H2,1-2H3. The second kappa shape index (κ2) is 8.64. The number of hydrogen-bond acceptors (Lipinski definition) is 2. The minimum atomic E-state index is 0.597. The highest BCUT2D eigenvalue weighted by atomic mass is 35.5. The van der Waals surface area contributed by atoms with Crippen molar-refractivity contribution in [1.29, 1.82) is 0 Å². The molecule has 2 aromatic rings. The Bertz CT molecular complexity index is 589. The third-order valence-electron chi connectivity index (χ3n) is 4.03. The highest BCUT2D eigenvalue weighted by Crippen LogP contribution is 2.23. The van der Waals surface area contributed by atoms with Gasteiger partial charge in [-0.3, -0.25) is 0 Å². The lowest BCUT2D eigenvalue weighted by atomic mass is 10.2. The molecule has 1 heterocycles. The molecule has 22 heavy (non-hydrogen) atoms. The van der Waals surface area contributed by atoms with Crippen LogP contribution in [-0.4, -0.2) is 34.4 Å². The molecule has 0 N–H and O–H groups in total. The van der Waals surface area contributed by atoms with Gasteiger partial charge < -0.3 is 9.47 Å². The van der Waals surface area contributed by atoms with Gasteiger partial charge in [-0.1, -0.05) is 19.8 Å². The maximum absolute atomic E-state index is 5.90. The molecule has 0 aliphatic rings. The van der Waals surface area contributed by atoms with E-state index in [0.717, 1.165) is 30.7 Å². The molecule has 0 aliphatic heterocycles. The molecule has 0 saturated heterocycles. The molecule has 0 amide bonds. The van der Waals surface area contributed by atoms with Crippen LogP contribution in [0.4, 0.5) is 5.69 Å². The summed E-state index contributed by atoms with van der Waals surface area (Å²) in [6.07, 6.45) is 4.74. The molecule has 0 spiro atoms. The van der Waals surface area contributed by atoms with Crippen molar-refractivity contribution in [3.8, 4) is 0 Å². The van der Waals surface area contributed by atoms with Gasteiger partial charge >= 0.3 is 0 Å². The number of fused-ring (bicyclic) bond motifs is 1. The van der Waals surface area contributed by atoms with Crippen molar-refractivity contribution in [2.75, 3.05) is 29.7 Å². The van der Waals surface area contributed by atoms with E-state index in [-0.39, 0.29) is 0 Å². The van der Waals surface area contributed by atoms with E-state index in [1.165, 1.54) is 30.6 Å². The average molecular weight is 342 g/mol. The summed E-state index contributed by atoms with van der Waals surface area (Å²) in [5.74, 6) is 2.36. The number of rotatable bonds is 9. The zero-order chi connectivity index (χ0) is 15.9. The average Bonchev–Trinajstić information content (AvgIpc) is 2.83. The molecule has 1 aromatic carbocycles. The van der Waals surface area contributed by atoms with Gasteiger partial charge in [0, 0.05) is 44.0 Å². The number of imidazole rings is 1. The second-order valence-corrected chi connectivity index (χ2v) is 6.34. The highest BCUT2D eigenvalue weighted by molar-refractivity contribution is 6.18. The number of unbranched alkanes of at least 4 members (excludes halogenated alkanes) is 2. The Morgan fingerprint density at radius 2 is 1.86 bits per heavy atom. The Balaban J connectivity index is 2.25. The van der Waals surface area contributed by atoms with Crippen molar-refractivity contribution in [3.05, 3.63) is 24.0 Å².